The van der Waals surface area contributed by atoms with E-state index < -0.39 is 20.0 Å². The lowest BCUT2D eigenvalue weighted by molar-refractivity contribution is 0.414. The van der Waals surface area contributed by atoms with Crippen LogP contribution in [0.15, 0.2) is 29.2 Å². The summed E-state index contributed by atoms with van der Waals surface area (Å²) in [6, 6.07) is 5.99. The molecule has 0 aliphatic heterocycles. The Balaban J connectivity index is 2.49. The standard InChI is InChI=1S/C11H18N2O5S2/c1-18-10-4-6-11(7-5-10)20(16,17)13-9-3-8-12-19(2,14)15/h4-7,12-13H,3,8-9H2,1-2H3. The maximum absolute atomic E-state index is 11.9. The molecule has 0 aliphatic carbocycles. The first kappa shape index (κ1) is 16.9. The van der Waals surface area contributed by atoms with Gasteiger partial charge in [-0.1, -0.05) is 0 Å². The molecule has 114 valence electrons. The summed E-state index contributed by atoms with van der Waals surface area (Å²) < 4.78 is 55.1. The number of hydrogen-bond acceptors (Lipinski definition) is 5. The minimum Gasteiger partial charge on any atom is -0.497 e. The average Bonchev–Trinajstić information content (AvgIpc) is 2.37. The van der Waals surface area contributed by atoms with E-state index in [1.807, 2.05) is 0 Å². The van der Waals surface area contributed by atoms with Crippen LogP contribution in [0.25, 0.3) is 0 Å². The second kappa shape index (κ2) is 7.02. The molecule has 1 aromatic carbocycles. The van der Waals surface area contributed by atoms with Gasteiger partial charge in [0.15, 0.2) is 0 Å². The van der Waals surface area contributed by atoms with E-state index >= 15 is 0 Å². The van der Waals surface area contributed by atoms with Crippen LogP contribution in [0.1, 0.15) is 6.42 Å². The van der Waals surface area contributed by atoms with Gasteiger partial charge in [0.25, 0.3) is 0 Å². The Morgan fingerprint density at radius 2 is 1.55 bits per heavy atom. The molecule has 7 nitrogen and oxygen atoms in total. The van der Waals surface area contributed by atoms with Crippen molar-refractivity contribution in [1.29, 1.82) is 0 Å². The molecule has 0 spiro atoms. The zero-order chi connectivity index (χ0) is 15.2. The number of rotatable bonds is 8. The van der Waals surface area contributed by atoms with E-state index in [1.54, 1.807) is 12.1 Å². The zero-order valence-electron chi connectivity index (χ0n) is 11.3. The summed E-state index contributed by atoms with van der Waals surface area (Å²) in [6.07, 6.45) is 1.41. The van der Waals surface area contributed by atoms with Crippen molar-refractivity contribution in [2.45, 2.75) is 11.3 Å². The van der Waals surface area contributed by atoms with Crippen LogP contribution < -0.4 is 14.2 Å². The molecule has 1 aromatic rings. The van der Waals surface area contributed by atoms with Gasteiger partial charge in [0.05, 0.1) is 18.3 Å². The van der Waals surface area contributed by atoms with Crippen molar-refractivity contribution < 1.29 is 21.6 Å². The smallest absolute Gasteiger partial charge is 0.240 e. The van der Waals surface area contributed by atoms with Gasteiger partial charge in [-0.05, 0) is 30.7 Å². The second-order valence-electron chi connectivity index (χ2n) is 4.09. The van der Waals surface area contributed by atoms with Gasteiger partial charge in [-0.25, -0.2) is 26.3 Å². The number of hydrogen-bond donors (Lipinski definition) is 2. The van der Waals surface area contributed by atoms with Gasteiger partial charge in [0.2, 0.25) is 20.0 Å². The fourth-order valence-electron chi connectivity index (χ4n) is 1.39. The molecule has 20 heavy (non-hydrogen) atoms. The van der Waals surface area contributed by atoms with Crippen molar-refractivity contribution >= 4 is 20.0 Å². The summed E-state index contributed by atoms with van der Waals surface area (Å²) in [6.45, 7) is 0.334. The van der Waals surface area contributed by atoms with E-state index in [2.05, 4.69) is 9.44 Å². The van der Waals surface area contributed by atoms with Gasteiger partial charge < -0.3 is 4.74 Å². The van der Waals surface area contributed by atoms with Crippen LogP contribution in [0.4, 0.5) is 0 Å². The van der Waals surface area contributed by atoms with Crippen LogP contribution in [-0.4, -0.2) is 43.3 Å². The molecule has 0 saturated carbocycles. The molecule has 1 rings (SSSR count). The van der Waals surface area contributed by atoms with Crippen molar-refractivity contribution in [2.75, 3.05) is 26.5 Å². The maximum atomic E-state index is 11.9. The maximum Gasteiger partial charge on any atom is 0.240 e. The van der Waals surface area contributed by atoms with Crippen LogP contribution in [0.5, 0.6) is 5.75 Å². The number of nitrogens with one attached hydrogen (secondary N) is 2. The lowest BCUT2D eigenvalue weighted by atomic mass is 10.3. The Morgan fingerprint density at radius 1 is 1.00 bits per heavy atom. The number of methoxy groups -OCH3 is 1. The monoisotopic (exact) mass is 322 g/mol. The molecule has 0 heterocycles. The van der Waals surface area contributed by atoms with Gasteiger partial charge in [-0.3, -0.25) is 0 Å². The highest BCUT2D eigenvalue weighted by Crippen LogP contribution is 2.15. The van der Waals surface area contributed by atoms with E-state index in [4.69, 9.17) is 4.74 Å². The molecule has 9 heteroatoms. The summed E-state index contributed by atoms with van der Waals surface area (Å²) in [5.41, 5.74) is 0. The van der Waals surface area contributed by atoms with Crippen molar-refractivity contribution in [2.24, 2.45) is 0 Å². The molecule has 0 fully saturated rings. The number of ether oxygens (including phenoxy) is 1. The summed E-state index contributed by atoms with van der Waals surface area (Å²) in [5.74, 6) is 0.571. The summed E-state index contributed by atoms with van der Waals surface area (Å²) >= 11 is 0. The Kier molecular flexibility index (Phi) is 5.93. The van der Waals surface area contributed by atoms with Crippen molar-refractivity contribution in [3.63, 3.8) is 0 Å². The Bertz CT molecular complexity index is 623. The van der Waals surface area contributed by atoms with Crippen molar-refractivity contribution in [3.05, 3.63) is 24.3 Å². The molecule has 0 amide bonds. The predicted octanol–water partition coefficient (Wildman–Crippen LogP) is -0.0872. The minimum absolute atomic E-state index is 0.134. The quantitative estimate of drug-likeness (QED) is 0.652. The highest BCUT2D eigenvalue weighted by atomic mass is 32.2. The Labute approximate surface area is 119 Å². The number of sulfonamides is 2. The topological polar surface area (TPSA) is 102 Å². The molecular weight excluding hydrogens is 304 g/mol. The first-order valence-corrected chi connectivity index (χ1v) is 9.20. The summed E-state index contributed by atoms with van der Waals surface area (Å²) in [5, 5.41) is 0. The normalized spacial score (nSPS) is 12.3. The summed E-state index contributed by atoms with van der Waals surface area (Å²) in [7, 11) is -5.33. The number of benzene rings is 1. The third-order valence-electron chi connectivity index (χ3n) is 2.38. The van der Waals surface area contributed by atoms with E-state index in [0.29, 0.717) is 12.2 Å². The highest BCUT2D eigenvalue weighted by Gasteiger charge is 2.13. The summed E-state index contributed by atoms with van der Waals surface area (Å²) in [4.78, 5) is 0.134. The molecule has 0 saturated heterocycles. The molecule has 0 atom stereocenters. The van der Waals surface area contributed by atoms with Crippen LogP contribution in [0.3, 0.4) is 0 Å². The van der Waals surface area contributed by atoms with Crippen LogP contribution in [0.2, 0.25) is 0 Å². The SMILES string of the molecule is COc1ccc(S(=O)(=O)NCCCNS(C)(=O)=O)cc1. The first-order valence-electron chi connectivity index (χ1n) is 5.83. The van der Waals surface area contributed by atoms with Crippen LogP contribution in [-0.2, 0) is 20.0 Å². The van der Waals surface area contributed by atoms with E-state index in [9.17, 15) is 16.8 Å². The molecule has 0 unspecified atom stereocenters. The fraction of sp³-hybridized carbons (Fsp3) is 0.455. The largest absolute Gasteiger partial charge is 0.497 e. The molecule has 0 aromatic heterocycles. The van der Waals surface area contributed by atoms with Crippen molar-refractivity contribution in [3.8, 4) is 5.75 Å². The first-order chi connectivity index (χ1) is 9.24. The van der Waals surface area contributed by atoms with Crippen LogP contribution in [0, 0.1) is 0 Å². The zero-order valence-corrected chi connectivity index (χ0v) is 12.9. The van der Waals surface area contributed by atoms with E-state index in [1.165, 1.54) is 19.2 Å². The third kappa shape index (κ3) is 5.87. The molecule has 0 aliphatic rings. The third-order valence-corrected chi connectivity index (χ3v) is 4.59. The fourth-order valence-corrected chi connectivity index (χ4v) is 2.98. The lowest BCUT2D eigenvalue weighted by Gasteiger charge is -2.07. The van der Waals surface area contributed by atoms with Gasteiger partial charge in [-0.15, -0.1) is 0 Å². The molecule has 0 bridgehead atoms. The molecule has 0 radical (unpaired) electrons. The van der Waals surface area contributed by atoms with E-state index in [0.717, 1.165) is 6.26 Å². The van der Waals surface area contributed by atoms with Crippen LogP contribution >= 0.6 is 0 Å². The average molecular weight is 322 g/mol. The Hall–Kier alpha value is -1.16. The predicted molar refractivity (Wildman–Crippen MR) is 75.6 cm³/mol. The van der Waals surface area contributed by atoms with Crippen molar-refractivity contribution in [1.82, 2.24) is 9.44 Å². The van der Waals surface area contributed by atoms with Gasteiger partial charge in [-0.2, -0.15) is 0 Å². The van der Waals surface area contributed by atoms with Gasteiger partial charge in [0, 0.05) is 13.1 Å². The van der Waals surface area contributed by atoms with E-state index in [-0.39, 0.29) is 18.0 Å². The lowest BCUT2D eigenvalue weighted by Crippen LogP contribution is -2.29. The Morgan fingerprint density at radius 3 is 2.05 bits per heavy atom. The van der Waals surface area contributed by atoms with Gasteiger partial charge in [0.1, 0.15) is 5.75 Å². The molecular formula is C11H18N2O5S2. The molecule has 2 N–H and O–H groups in total. The second-order valence-corrected chi connectivity index (χ2v) is 7.69. The highest BCUT2D eigenvalue weighted by molar-refractivity contribution is 7.89. The minimum atomic E-state index is -3.58. The van der Waals surface area contributed by atoms with Gasteiger partial charge >= 0.3 is 0 Å².